The van der Waals surface area contributed by atoms with E-state index in [1.165, 1.54) is 12.5 Å². The third-order valence-corrected chi connectivity index (χ3v) is 6.24. The van der Waals surface area contributed by atoms with Crippen molar-refractivity contribution in [3.63, 3.8) is 0 Å². The summed E-state index contributed by atoms with van der Waals surface area (Å²) in [7, 11) is 5.46. The first-order valence-corrected chi connectivity index (χ1v) is 11.9. The van der Waals surface area contributed by atoms with Crippen molar-refractivity contribution in [2.24, 2.45) is 0 Å². The van der Waals surface area contributed by atoms with E-state index in [1.807, 2.05) is 61.5 Å². The molecule has 0 fully saturated rings. The minimum atomic E-state index is -0.250. The van der Waals surface area contributed by atoms with Crippen LogP contribution in [0.2, 0.25) is 5.02 Å². The van der Waals surface area contributed by atoms with Crippen molar-refractivity contribution >= 4 is 51.7 Å². The van der Waals surface area contributed by atoms with Crippen molar-refractivity contribution in [1.82, 2.24) is 4.90 Å². The highest BCUT2D eigenvalue weighted by Gasteiger charge is 2.29. The quantitative estimate of drug-likeness (QED) is 0.447. The molecule has 0 saturated heterocycles. The Balaban J connectivity index is 1.54. The summed E-state index contributed by atoms with van der Waals surface area (Å²) < 4.78 is 11.1. The molecule has 5 rings (SSSR count). The van der Waals surface area contributed by atoms with Crippen molar-refractivity contribution in [2.75, 3.05) is 43.2 Å². The maximum atomic E-state index is 13.2. The molecule has 0 saturated carbocycles. The summed E-state index contributed by atoms with van der Waals surface area (Å²) >= 11 is 6.16. The number of hydrogen-bond acceptors (Lipinski definition) is 6. The first-order chi connectivity index (χ1) is 17.8. The van der Waals surface area contributed by atoms with E-state index in [1.54, 1.807) is 30.1 Å². The number of carbonyl (C=O) groups is 2. The van der Waals surface area contributed by atoms with Crippen molar-refractivity contribution in [3.05, 3.63) is 89.3 Å². The van der Waals surface area contributed by atoms with Crippen molar-refractivity contribution < 1.29 is 19.1 Å². The van der Waals surface area contributed by atoms with Gasteiger partial charge in [-0.1, -0.05) is 17.7 Å². The van der Waals surface area contributed by atoms with E-state index in [0.29, 0.717) is 40.0 Å². The summed E-state index contributed by atoms with van der Waals surface area (Å²) in [4.78, 5) is 29.1. The SMILES string of the molecule is CN(C)CC(=O)N(C)c1ccc(NC(=C2C(=O)Nc3cc(Cl)ccc32)c2ccc3c(c2)OC=CO3)cc1. The first kappa shape index (κ1) is 24.4. The van der Waals surface area contributed by atoms with Crippen LogP contribution < -0.4 is 25.0 Å². The number of anilines is 3. The highest BCUT2D eigenvalue weighted by atomic mass is 35.5. The predicted octanol–water partition coefficient (Wildman–Crippen LogP) is 5.04. The minimum Gasteiger partial charge on any atom is -0.458 e. The Kier molecular flexibility index (Phi) is 6.60. The van der Waals surface area contributed by atoms with Crippen LogP contribution in [0.4, 0.5) is 17.1 Å². The smallest absolute Gasteiger partial charge is 0.258 e. The van der Waals surface area contributed by atoms with E-state index in [4.69, 9.17) is 21.1 Å². The van der Waals surface area contributed by atoms with Crippen LogP contribution in [-0.4, -0.2) is 44.4 Å². The summed E-state index contributed by atoms with van der Waals surface area (Å²) in [6.45, 7) is 0.310. The number of rotatable bonds is 6. The summed E-state index contributed by atoms with van der Waals surface area (Å²) in [5.74, 6) is 0.844. The lowest BCUT2D eigenvalue weighted by Gasteiger charge is -2.21. The van der Waals surface area contributed by atoms with Crippen LogP contribution in [0.5, 0.6) is 11.5 Å². The Hall–Kier alpha value is -4.27. The molecule has 0 aromatic heterocycles. The van der Waals surface area contributed by atoms with Gasteiger partial charge in [-0.15, -0.1) is 0 Å². The molecule has 37 heavy (non-hydrogen) atoms. The fraction of sp³-hybridized carbons (Fsp3) is 0.143. The minimum absolute atomic E-state index is 0.0169. The number of ether oxygens (including phenoxy) is 2. The molecule has 3 aromatic carbocycles. The van der Waals surface area contributed by atoms with Gasteiger partial charge in [0.15, 0.2) is 11.5 Å². The molecule has 2 N–H and O–H groups in total. The molecule has 0 radical (unpaired) electrons. The van der Waals surface area contributed by atoms with E-state index < -0.39 is 0 Å². The maximum absolute atomic E-state index is 13.2. The Morgan fingerprint density at radius 2 is 1.68 bits per heavy atom. The van der Waals surface area contributed by atoms with Crippen LogP contribution in [-0.2, 0) is 9.59 Å². The van der Waals surface area contributed by atoms with Crippen LogP contribution in [0.3, 0.4) is 0 Å². The lowest BCUT2D eigenvalue weighted by atomic mass is 9.99. The number of nitrogens with zero attached hydrogens (tertiary/aromatic N) is 2. The van der Waals surface area contributed by atoms with Gasteiger partial charge in [-0.3, -0.25) is 9.59 Å². The van der Waals surface area contributed by atoms with Gasteiger partial charge < -0.3 is 29.9 Å². The number of carbonyl (C=O) groups excluding carboxylic acids is 2. The molecular weight excluding hydrogens is 492 g/mol. The lowest BCUT2D eigenvalue weighted by molar-refractivity contribution is -0.119. The molecule has 2 amide bonds. The standard InChI is InChI=1S/C28H25ClN4O4/c1-32(2)16-25(34)33(3)20-8-6-19(7-9-20)30-27(17-4-11-23-24(14-17)37-13-12-36-23)26-21-10-5-18(29)15-22(21)31-28(26)35/h4-15,30H,16H2,1-3H3,(H,31,35). The number of nitrogens with one attached hydrogen (secondary N) is 2. The van der Waals surface area contributed by atoms with Crippen LogP contribution in [0.25, 0.3) is 11.3 Å². The van der Waals surface area contributed by atoms with Gasteiger partial charge in [0.2, 0.25) is 5.91 Å². The molecule has 2 aliphatic heterocycles. The number of hydrogen-bond donors (Lipinski definition) is 2. The summed E-state index contributed by atoms with van der Waals surface area (Å²) in [5, 5.41) is 6.85. The Morgan fingerprint density at radius 1 is 0.946 bits per heavy atom. The summed E-state index contributed by atoms with van der Waals surface area (Å²) in [6.07, 6.45) is 2.92. The number of halogens is 1. The molecule has 0 spiro atoms. The largest absolute Gasteiger partial charge is 0.458 e. The highest BCUT2D eigenvalue weighted by Crippen LogP contribution is 2.41. The van der Waals surface area contributed by atoms with Crippen LogP contribution >= 0.6 is 11.6 Å². The number of fused-ring (bicyclic) bond motifs is 2. The second kappa shape index (κ2) is 10.0. The van der Waals surface area contributed by atoms with Gasteiger partial charge in [0.1, 0.15) is 12.5 Å². The second-order valence-electron chi connectivity index (χ2n) is 8.93. The molecule has 188 valence electrons. The van der Waals surface area contributed by atoms with E-state index in [0.717, 1.165) is 22.5 Å². The van der Waals surface area contributed by atoms with Crippen molar-refractivity contribution in [1.29, 1.82) is 0 Å². The number of benzene rings is 3. The number of amides is 2. The molecule has 2 aliphatic rings. The third-order valence-electron chi connectivity index (χ3n) is 6.00. The van der Waals surface area contributed by atoms with Crippen molar-refractivity contribution in [2.45, 2.75) is 0 Å². The van der Waals surface area contributed by atoms with E-state index >= 15 is 0 Å². The van der Waals surface area contributed by atoms with Crippen LogP contribution in [0, 0.1) is 0 Å². The zero-order valence-corrected chi connectivity index (χ0v) is 21.3. The Bertz CT molecular complexity index is 1450. The molecule has 9 heteroatoms. The van der Waals surface area contributed by atoms with Gasteiger partial charge in [0.25, 0.3) is 5.91 Å². The zero-order chi connectivity index (χ0) is 26.1. The molecule has 0 atom stereocenters. The average molecular weight is 517 g/mol. The zero-order valence-electron chi connectivity index (χ0n) is 20.5. The van der Waals surface area contributed by atoms with Gasteiger partial charge in [-0.05, 0) is 68.7 Å². The van der Waals surface area contributed by atoms with E-state index in [9.17, 15) is 9.59 Å². The van der Waals surface area contributed by atoms with Gasteiger partial charge in [-0.25, -0.2) is 0 Å². The van der Waals surface area contributed by atoms with E-state index in [-0.39, 0.29) is 11.8 Å². The van der Waals surface area contributed by atoms with Gasteiger partial charge in [0.05, 0.1) is 23.5 Å². The Morgan fingerprint density at radius 3 is 2.41 bits per heavy atom. The number of likely N-dealkylation sites (N-methyl/N-ethyl adjacent to an activating group) is 2. The average Bonchev–Trinajstić information content (AvgIpc) is 3.21. The molecule has 0 aliphatic carbocycles. The second-order valence-corrected chi connectivity index (χ2v) is 9.36. The first-order valence-electron chi connectivity index (χ1n) is 11.6. The Labute approximate surface area is 219 Å². The topological polar surface area (TPSA) is 83.1 Å². The highest BCUT2D eigenvalue weighted by molar-refractivity contribution is 6.38. The molecular formula is C28H25ClN4O4. The van der Waals surface area contributed by atoms with E-state index in [2.05, 4.69) is 10.6 Å². The summed E-state index contributed by atoms with van der Waals surface area (Å²) in [6, 6.07) is 18.2. The summed E-state index contributed by atoms with van der Waals surface area (Å²) in [5.41, 5.74) is 4.67. The lowest BCUT2D eigenvalue weighted by Crippen LogP contribution is -2.34. The monoisotopic (exact) mass is 516 g/mol. The van der Waals surface area contributed by atoms with Gasteiger partial charge >= 0.3 is 0 Å². The predicted molar refractivity (Wildman–Crippen MR) is 146 cm³/mol. The molecule has 8 nitrogen and oxygen atoms in total. The normalized spacial score (nSPS) is 14.8. The van der Waals surface area contributed by atoms with Gasteiger partial charge in [-0.2, -0.15) is 0 Å². The van der Waals surface area contributed by atoms with Crippen LogP contribution in [0.15, 0.2) is 73.2 Å². The third kappa shape index (κ3) is 5.02. The van der Waals surface area contributed by atoms with Crippen molar-refractivity contribution in [3.8, 4) is 11.5 Å². The van der Waals surface area contributed by atoms with Crippen LogP contribution in [0.1, 0.15) is 11.1 Å². The fourth-order valence-electron chi connectivity index (χ4n) is 4.16. The molecule has 3 aromatic rings. The fourth-order valence-corrected chi connectivity index (χ4v) is 4.33. The maximum Gasteiger partial charge on any atom is 0.258 e. The van der Waals surface area contributed by atoms with Gasteiger partial charge in [0, 0.05) is 34.6 Å². The molecule has 0 unspecified atom stereocenters. The molecule has 2 heterocycles. The molecule has 0 bridgehead atoms.